The number of oxime groups is 1. The molecule has 0 fully saturated rings. The molecule has 0 heterocycles. The Balaban J connectivity index is 2.65. The fraction of sp³-hybridized carbons (Fsp3) is 0.524. The van der Waals surface area contributed by atoms with Crippen LogP contribution in [0.25, 0.3) is 0 Å². The smallest absolute Gasteiger partial charge is 0.332 e. The molecule has 1 rings (SSSR count). The molecular weight excluding hydrogens is 388 g/mol. The minimum absolute atomic E-state index is 0.0661. The van der Waals surface area contributed by atoms with E-state index in [1.165, 1.54) is 6.92 Å². The molecule has 0 spiro atoms. The first-order valence-electron chi connectivity index (χ1n) is 9.75. The second-order valence-electron chi connectivity index (χ2n) is 8.30. The van der Waals surface area contributed by atoms with E-state index in [4.69, 9.17) is 10.5 Å². The number of rotatable bonds is 8. The lowest BCUT2D eigenvalue weighted by atomic mass is 10.0. The highest BCUT2D eigenvalue weighted by molar-refractivity contribution is 5.97. The predicted octanol–water partition coefficient (Wildman–Crippen LogP) is 2.43. The molecule has 0 unspecified atom stereocenters. The van der Waals surface area contributed by atoms with Crippen molar-refractivity contribution in [3.8, 4) is 0 Å². The summed E-state index contributed by atoms with van der Waals surface area (Å²) in [7, 11) is 0. The lowest BCUT2D eigenvalue weighted by Crippen LogP contribution is -2.48. The second kappa shape index (κ2) is 11.2. The summed E-state index contributed by atoms with van der Waals surface area (Å²) in [5.41, 5.74) is 6.49. The molecule has 0 aliphatic carbocycles. The third-order valence-corrected chi connectivity index (χ3v) is 3.68. The van der Waals surface area contributed by atoms with E-state index in [1.807, 2.05) is 13.8 Å². The molecule has 0 radical (unpaired) electrons. The molecule has 0 bridgehead atoms. The molecule has 166 valence electrons. The van der Waals surface area contributed by atoms with Crippen molar-refractivity contribution in [2.24, 2.45) is 16.8 Å². The molecule has 1 atom stereocenters. The van der Waals surface area contributed by atoms with Crippen LogP contribution in [-0.2, 0) is 25.7 Å². The molecule has 9 nitrogen and oxygen atoms in total. The number of amidine groups is 1. The molecule has 1 aromatic carbocycles. The van der Waals surface area contributed by atoms with E-state index in [0.717, 1.165) is 5.56 Å². The fourth-order valence-electron chi connectivity index (χ4n) is 2.41. The van der Waals surface area contributed by atoms with E-state index in [2.05, 4.69) is 20.6 Å². The Bertz CT molecular complexity index is 767. The maximum absolute atomic E-state index is 12.4. The van der Waals surface area contributed by atoms with Crippen molar-refractivity contribution in [3.05, 3.63) is 35.4 Å². The van der Waals surface area contributed by atoms with Crippen molar-refractivity contribution in [2.45, 2.75) is 66.2 Å². The number of amides is 2. The van der Waals surface area contributed by atoms with Crippen LogP contribution in [0.2, 0.25) is 0 Å². The van der Waals surface area contributed by atoms with Crippen molar-refractivity contribution < 1.29 is 24.0 Å². The Morgan fingerprint density at radius 1 is 1.13 bits per heavy atom. The number of ether oxygens (including phenoxy) is 1. The van der Waals surface area contributed by atoms with Gasteiger partial charge in [0.1, 0.15) is 11.6 Å². The van der Waals surface area contributed by atoms with Crippen LogP contribution in [0.15, 0.2) is 29.4 Å². The highest BCUT2D eigenvalue weighted by Crippen LogP contribution is 2.13. The van der Waals surface area contributed by atoms with Gasteiger partial charge < -0.3 is 25.9 Å². The number of carbonyl (C=O) groups excluding carboxylic acids is 3. The molecule has 30 heavy (non-hydrogen) atoms. The number of carbonyl (C=O) groups is 3. The van der Waals surface area contributed by atoms with Gasteiger partial charge >= 0.3 is 18.0 Å². The molecule has 9 heteroatoms. The van der Waals surface area contributed by atoms with E-state index in [1.54, 1.807) is 45.0 Å². The van der Waals surface area contributed by atoms with Crippen LogP contribution < -0.4 is 16.4 Å². The Hall–Kier alpha value is -3.10. The quantitative estimate of drug-likeness (QED) is 0.195. The van der Waals surface area contributed by atoms with Gasteiger partial charge in [-0.2, -0.15) is 0 Å². The largest absolute Gasteiger partial charge is 0.458 e. The summed E-state index contributed by atoms with van der Waals surface area (Å²) in [6, 6.07) is 5.70. The third kappa shape index (κ3) is 9.90. The van der Waals surface area contributed by atoms with Gasteiger partial charge in [-0.15, -0.1) is 0 Å². The van der Waals surface area contributed by atoms with Gasteiger partial charge in [0.2, 0.25) is 0 Å². The standard InChI is InChI=1S/C21H32N4O5/c1-13(2)11-17(19(27)29-21(4,5)6)24-20(28)23-12-15-7-9-16(10-8-15)18(22)25-30-14(3)26/h7-10,13,17H,11-12H2,1-6H3,(H2,22,25)(H2,23,24,28)/t17-/m0/s1. The van der Waals surface area contributed by atoms with Crippen LogP contribution in [0, 0.1) is 5.92 Å². The summed E-state index contributed by atoms with van der Waals surface area (Å²) < 4.78 is 5.40. The van der Waals surface area contributed by atoms with Gasteiger partial charge in [-0.1, -0.05) is 43.3 Å². The third-order valence-electron chi connectivity index (χ3n) is 3.68. The van der Waals surface area contributed by atoms with Gasteiger partial charge in [-0.25, -0.2) is 14.4 Å². The molecule has 1 aromatic rings. The maximum Gasteiger partial charge on any atom is 0.332 e. The Morgan fingerprint density at radius 2 is 1.73 bits per heavy atom. The SMILES string of the molecule is CC(=O)O/N=C(\N)c1ccc(CNC(=O)N[C@@H](CC(C)C)C(=O)OC(C)(C)C)cc1. The maximum atomic E-state index is 12.4. The van der Waals surface area contributed by atoms with Gasteiger partial charge in [0.15, 0.2) is 5.84 Å². The van der Waals surface area contributed by atoms with E-state index >= 15 is 0 Å². The number of nitrogens with one attached hydrogen (secondary N) is 2. The van der Waals surface area contributed by atoms with Gasteiger partial charge in [-0.3, -0.25) is 0 Å². The van der Waals surface area contributed by atoms with Crippen LogP contribution in [0.3, 0.4) is 0 Å². The number of nitrogens with zero attached hydrogens (tertiary/aromatic N) is 1. The minimum Gasteiger partial charge on any atom is -0.458 e. The van der Waals surface area contributed by atoms with E-state index < -0.39 is 29.6 Å². The molecule has 0 aliphatic rings. The van der Waals surface area contributed by atoms with Gasteiger partial charge in [0, 0.05) is 19.0 Å². The van der Waals surface area contributed by atoms with Gasteiger partial charge in [0.05, 0.1) is 0 Å². The molecule has 2 amide bonds. The first-order chi connectivity index (χ1) is 13.9. The number of benzene rings is 1. The van der Waals surface area contributed by atoms with E-state index in [9.17, 15) is 14.4 Å². The average molecular weight is 421 g/mol. The number of esters is 1. The molecule has 0 aromatic heterocycles. The lowest BCUT2D eigenvalue weighted by Gasteiger charge is -2.25. The number of hydrogen-bond acceptors (Lipinski definition) is 6. The van der Waals surface area contributed by atoms with Crippen molar-refractivity contribution >= 4 is 23.8 Å². The summed E-state index contributed by atoms with van der Waals surface area (Å²) in [5.74, 6) is -0.754. The summed E-state index contributed by atoms with van der Waals surface area (Å²) in [6.07, 6.45) is 0.470. The Labute approximate surface area is 177 Å². The molecule has 0 aliphatic heterocycles. The zero-order valence-electron chi connectivity index (χ0n) is 18.4. The van der Waals surface area contributed by atoms with E-state index in [-0.39, 0.29) is 18.3 Å². The Kier molecular flexibility index (Phi) is 9.29. The zero-order chi connectivity index (χ0) is 22.9. The molecule has 0 saturated carbocycles. The fourth-order valence-corrected chi connectivity index (χ4v) is 2.41. The summed E-state index contributed by atoms with van der Waals surface area (Å²) >= 11 is 0. The topological polar surface area (TPSA) is 132 Å². The number of nitrogens with two attached hydrogens (primary N) is 1. The first-order valence-corrected chi connectivity index (χ1v) is 9.75. The zero-order valence-corrected chi connectivity index (χ0v) is 18.4. The summed E-state index contributed by atoms with van der Waals surface area (Å²) in [6.45, 7) is 10.8. The normalized spacial score (nSPS) is 12.8. The molecule has 0 saturated heterocycles. The molecule has 4 N–H and O–H groups in total. The monoisotopic (exact) mass is 420 g/mol. The highest BCUT2D eigenvalue weighted by atomic mass is 16.7. The van der Waals surface area contributed by atoms with Gasteiger partial charge in [0.25, 0.3) is 0 Å². The van der Waals surface area contributed by atoms with Crippen molar-refractivity contribution in [1.82, 2.24) is 10.6 Å². The minimum atomic E-state index is -0.733. The van der Waals surface area contributed by atoms with Crippen molar-refractivity contribution in [3.63, 3.8) is 0 Å². The van der Waals surface area contributed by atoms with Crippen LogP contribution in [0.4, 0.5) is 4.79 Å². The van der Waals surface area contributed by atoms with Crippen LogP contribution in [-0.4, -0.2) is 35.4 Å². The summed E-state index contributed by atoms with van der Waals surface area (Å²) in [4.78, 5) is 39.9. The highest BCUT2D eigenvalue weighted by Gasteiger charge is 2.27. The Morgan fingerprint density at radius 3 is 2.23 bits per heavy atom. The predicted molar refractivity (Wildman–Crippen MR) is 113 cm³/mol. The van der Waals surface area contributed by atoms with Crippen molar-refractivity contribution in [2.75, 3.05) is 0 Å². The van der Waals surface area contributed by atoms with Crippen molar-refractivity contribution in [1.29, 1.82) is 0 Å². The van der Waals surface area contributed by atoms with Crippen LogP contribution in [0.5, 0.6) is 0 Å². The average Bonchev–Trinajstić information content (AvgIpc) is 2.62. The number of hydrogen-bond donors (Lipinski definition) is 3. The first kappa shape index (κ1) is 24.9. The number of urea groups is 1. The van der Waals surface area contributed by atoms with Gasteiger partial charge in [-0.05, 0) is 38.7 Å². The lowest BCUT2D eigenvalue weighted by molar-refractivity contribution is -0.157. The second-order valence-corrected chi connectivity index (χ2v) is 8.30. The summed E-state index contributed by atoms with van der Waals surface area (Å²) in [5, 5.41) is 8.92. The van der Waals surface area contributed by atoms with Crippen LogP contribution >= 0.6 is 0 Å². The van der Waals surface area contributed by atoms with E-state index in [0.29, 0.717) is 12.0 Å². The van der Waals surface area contributed by atoms with Crippen LogP contribution in [0.1, 0.15) is 59.1 Å². The molecular formula is C21H32N4O5.